The number of nitrogens with zero attached hydrogens (tertiary/aromatic N) is 2. The van der Waals surface area contributed by atoms with E-state index in [1.165, 1.54) is 6.42 Å². The molecule has 1 aromatic heterocycles. The number of ether oxygens (including phenoxy) is 1. The second-order valence-electron chi connectivity index (χ2n) is 6.71. The van der Waals surface area contributed by atoms with Gasteiger partial charge in [0.1, 0.15) is 11.5 Å². The van der Waals surface area contributed by atoms with Crippen molar-refractivity contribution in [1.29, 1.82) is 0 Å². The maximum atomic E-state index is 6.23. The molecular weight excluding hydrogens is 264 g/mol. The topological polar surface area (TPSA) is 28.9 Å². The summed E-state index contributed by atoms with van der Waals surface area (Å²) in [6, 6.07) is 4.75. The largest absolute Gasteiger partial charge is 0.465 e. The lowest BCUT2D eigenvalue weighted by Gasteiger charge is -2.38. The third kappa shape index (κ3) is 3.33. The van der Waals surface area contributed by atoms with Crippen LogP contribution in [-0.2, 0) is 11.3 Å². The lowest BCUT2D eigenvalue weighted by Crippen LogP contribution is -2.44. The van der Waals surface area contributed by atoms with Gasteiger partial charge in [0.15, 0.2) is 0 Å². The molecule has 2 saturated heterocycles. The maximum Gasteiger partial charge on any atom is 0.118 e. The zero-order chi connectivity index (χ0) is 14.9. The lowest BCUT2D eigenvalue weighted by atomic mass is 9.87. The van der Waals surface area contributed by atoms with Crippen molar-refractivity contribution in [2.75, 3.05) is 33.3 Å². The molecule has 118 valence electrons. The van der Waals surface area contributed by atoms with Gasteiger partial charge in [-0.15, -0.1) is 0 Å². The van der Waals surface area contributed by atoms with Gasteiger partial charge >= 0.3 is 0 Å². The Hall–Kier alpha value is -0.840. The molecule has 4 nitrogen and oxygen atoms in total. The summed E-state index contributed by atoms with van der Waals surface area (Å²) in [5.74, 6) is 2.09. The van der Waals surface area contributed by atoms with Crippen molar-refractivity contribution in [3.05, 3.63) is 23.7 Å². The van der Waals surface area contributed by atoms with E-state index in [9.17, 15) is 0 Å². The molecule has 0 radical (unpaired) electrons. The first-order chi connectivity index (χ1) is 10.1. The van der Waals surface area contributed by atoms with Gasteiger partial charge in [0, 0.05) is 19.1 Å². The lowest BCUT2D eigenvalue weighted by molar-refractivity contribution is -0.0461. The molecule has 0 amide bonds. The Morgan fingerprint density at radius 3 is 2.71 bits per heavy atom. The minimum absolute atomic E-state index is 0.143. The summed E-state index contributed by atoms with van der Waals surface area (Å²) in [7, 11) is 2.21. The highest BCUT2D eigenvalue weighted by Crippen LogP contribution is 2.37. The van der Waals surface area contributed by atoms with Crippen LogP contribution in [0.25, 0.3) is 0 Å². The Balaban J connectivity index is 1.51. The van der Waals surface area contributed by atoms with Gasteiger partial charge < -0.3 is 14.1 Å². The highest BCUT2D eigenvalue weighted by Gasteiger charge is 2.43. The number of aryl methyl sites for hydroxylation is 1. The molecule has 1 atom stereocenters. The van der Waals surface area contributed by atoms with E-state index in [1.807, 2.05) is 13.0 Å². The first-order valence-corrected chi connectivity index (χ1v) is 8.22. The number of furan rings is 1. The molecule has 1 aromatic rings. The third-order valence-electron chi connectivity index (χ3n) is 5.25. The van der Waals surface area contributed by atoms with Crippen LogP contribution in [0.3, 0.4) is 0 Å². The minimum Gasteiger partial charge on any atom is -0.465 e. The summed E-state index contributed by atoms with van der Waals surface area (Å²) in [5.41, 5.74) is 0.143. The predicted octanol–water partition coefficient (Wildman–Crippen LogP) is 2.66. The van der Waals surface area contributed by atoms with Gasteiger partial charge in [0.05, 0.1) is 18.8 Å². The van der Waals surface area contributed by atoms with Crippen LogP contribution >= 0.6 is 0 Å². The van der Waals surface area contributed by atoms with Crippen LogP contribution in [0, 0.1) is 6.92 Å². The van der Waals surface area contributed by atoms with E-state index in [0.29, 0.717) is 6.04 Å². The fourth-order valence-electron chi connectivity index (χ4n) is 3.62. The van der Waals surface area contributed by atoms with Crippen LogP contribution in [0.2, 0.25) is 0 Å². The van der Waals surface area contributed by atoms with E-state index < -0.39 is 0 Å². The quantitative estimate of drug-likeness (QED) is 0.853. The maximum absolute atomic E-state index is 6.23. The van der Waals surface area contributed by atoms with E-state index in [4.69, 9.17) is 9.15 Å². The smallest absolute Gasteiger partial charge is 0.118 e. The monoisotopic (exact) mass is 292 g/mol. The van der Waals surface area contributed by atoms with Gasteiger partial charge in [-0.3, -0.25) is 4.90 Å². The van der Waals surface area contributed by atoms with Crippen molar-refractivity contribution in [3.8, 4) is 0 Å². The molecule has 3 heterocycles. The summed E-state index contributed by atoms with van der Waals surface area (Å²) >= 11 is 0. The Morgan fingerprint density at radius 2 is 2.10 bits per heavy atom. The van der Waals surface area contributed by atoms with Crippen molar-refractivity contribution >= 4 is 0 Å². The van der Waals surface area contributed by atoms with Crippen molar-refractivity contribution in [3.63, 3.8) is 0 Å². The molecule has 3 rings (SSSR count). The van der Waals surface area contributed by atoms with Crippen LogP contribution in [0.1, 0.15) is 37.7 Å². The molecule has 2 aliphatic heterocycles. The molecule has 0 saturated carbocycles. The molecule has 1 spiro atoms. The second kappa shape index (κ2) is 6.11. The fourth-order valence-corrected chi connectivity index (χ4v) is 3.62. The number of rotatable bonds is 4. The first-order valence-electron chi connectivity index (χ1n) is 8.22. The molecule has 1 unspecified atom stereocenters. The molecule has 21 heavy (non-hydrogen) atoms. The van der Waals surface area contributed by atoms with E-state index in [2.05, 4.69) is 29.8 Å². The van der Waals surface area contributed by atoms with Crippen LogP contribution < -0.4 is 0 Å². The molecule has 0 bridgehead atoms. The summed E-state index contributed by atoms with van der Waals surface area (Å²) in [6.45, 7) is 9.40. The van der Waals surface area contributed by atoms with Crippen LogP contribution in [0.4, 0.5) is 0 Å². The zero-order valence-corrected chi connectivity index (χ0v) is 13.6. The van der Waals surface area contributed by atoms with Crippen LogP contribution in [0.15, 0.2) is 16.5 Å². The van der Waals surface area contributed by atoms with Gasteiger partial charge in [-0.2, -0.15) is 0 Å². The van der Waals surface area contributed by atoms with E-state index in [0.717, 1.165) is 57.1 Å². The zero-order valence-electron chi connectivity index (χ0n) is 13.6. The summed E-state index contributed by atoms with van der Waals surface area (Å²) in [4.78, 5) is 4.91. The molecular formula is C17H28N2O2. The number of hydrogen-bond donors (Lipinski definition) is 0. The van der Waals surface area contributed by atoms with Crippen molar-refractivity contribution in [2.24, 2.45) is 0 Å². The van der Waals surface area contributed by atoms with Gasteiger partial charge in [0.2, 0.25) is 0 Å². The number of hydrogen-bond acceptors (Lipinski definition) is 4. The van der Waals surface area contributed by atoms with Gasteiger partial charge in [0.25, 0.3) is 0 Å². The van der Waals surface area contributed by atoms with Crippen LogP contribution in [-0.4, -0.2) is 54.7 Å². The minimum atomic E-state index is 0.143. The second-order valence-corrected chi connectivity index (χ2v) is 6.71. The molecule has 2 fully saturated rings. The van der Waals surface area contributed by atoms with Gasteiger partial charge in [-0.25, -0.2) is 0 Å². The van der Waals surface area contributed by atoms with E-state index in [1.54, 1.807) is 0 Å². The standard InChI is InChI=1S/C17H28N2O2/c1-4-18(3)15-11-17(20-13-15)7-9-19(10-8-17)12-16-6-5-14(2)21-16/h5-6,15H,4,7-13H2,1-3H3. The molecule has 0 aliphatic carbocycles. The van der Waals surface area contributed by atoms with Crippen molar-refractivity contribution < 1.29 is 9.15 Å². The Bertz CT molecular complexity index is 463. The average Bonchev–Trinajstić information content (AvgIpc) is 3.08. The number of likely N-dealkylation sites (N-methyl/N-ethyl adjacent to an activating group) is 1. The Kier molecular flexibility index (Phi) is 4.38. The SMILES string of the molecule is CCN(C)C1COC2(CCN(Cc3ccc(C)o3)CC2)C1. The van der Waals surface area contributed by atoms with E-state index in [-0.39, 0.29) is 5.60 Å². The number of piperidine rings is 1. The molecule has 2 aliphatic rings. The molecule has 4 heteroatoms. The number of likely N-dealkylation sites (tertiary alicyclic amines) is 1. The summed E-state index contributed by atoms with van der Waals surface area (Å²) in [6.07, 6.45) is 3.51. The predicted molar refractivity (Wildman–Crippen MR) is 83.3 cm³/mol. The highest BCUT2D eigenvalue weighted by atomic mass is 16.5. The van der Waals surface area contributed by atoms with Gasteiger partial charge in [-0.1, -0.05) is 6.92 Å². The summed E-state index contributed by atoms with van der Waals surface area (Å²) in [5, 5.41) is 0. The normalized spacial score (nSPS) is 26.0. The van der Waals surface area contributed by atoms with Crippen LogP contribution in [0.5, 0.6) is 0 Å². The average molecular weight is 292 g/mol. The Labute approximate surface area is 128 Å². The fraction of sp³-hybridized carbons (Fsp3) is 0.765. The Morgan fingerprint density at radius 1 is 1.33 bits per heavy atom. The van der Waals surface area contributed by atoms with Crippen molar-refractivity contribution in [2.45, 2.75) is 51.3 Å². The first kappa shape index (κ1) is 15.1. The molecule has 0 aromatic carbocycles. The summed E-state index contributed by atoms with van der Waals surface area (Å²) < 4.78 is 11.9. The third-order valence-corrected chi connectivity index (χ3v) is 5.25. The molecule has 0 N–H and O–H groups in total. The van der Waals surface area contributed by atoms with E-state index >= 15 is 0 Å². The van der Waals surface area contributed by atoms with Crippen molar-refractivity contribution in [1.82, 2.24) is 9.80 Å². The highest BCUT2D eigenvalue weighted by molar-refractivity contribution is 5.06. The van der Waals surface area contributed by atoms with Gasteiger partial charge in [-0.05, 0) is 51.9 Å².